The number of halogens is 3. The van der Waals surface area contributed by atoms with E-state index >= 15 is 0 Å². The van der Waals surface area contributed by atoms with Gasteiger partial charge >= 0.3 is 6.18 Å². The van der Waals surface area contributed by atoms with E-state index in [1.165, 1.54) is 6.07 Å². The predicted octanol–water partition coefficient (Wildman–Crippen LogP) is 4.61. The highest BCUT2D eigenvalue weighted by Crippen LogP contribution is 2.44. The fraction of sp³-hybridized carbons (Fsp3) is 0.571. The van der Waals surface area contributed by atoms with Crippen molar-refractivity contribution in [3.8, 4) is 0 Å². The second-order valence-corrected chi connectivity index (χ2v) is 5.55. The minimum Gasteiger partial charge on any atom is -0.384 e. The lowest BCUT2D eigenvalue weighted by Gasteiger charge is -2.41. The summed E-state index contributed by atoms with van der Waals surface area (Å²) in [7, 11) is 0. The third kappa shape index (κ3) is 3.28. The topological polar surface area (TPSA) is 55.2 Å². The molecule has 1 aliphatic carbocycles. The lowest BCUT2D eigenvalue weighted by atomic mass is 9.67. The molecule has 0 bridgehead atoms. The number of nitro benzene ring substituents is 1. The van der Waals surface area contributed by atoms with Crippen LogP contribution in [0.1, 0.15) is 38.2 Å². The lowest BCUT2D eigenvalue weighted by molar-refractivity contribution is -0.388. The second-order valence-electron chi connectivity index (χ2n) is 5.55. The van der Waals surface area contributed by atoms with Crippen molar-refractivity contribution in [1.82, 2.24) is 0 Å². The fourth-order valence-electron chi connectivity index (χ4n) is 2.65. The normalized spacial score (nSPS) is 17.1. The van der Waals surface area contributed by atoms with Gasteiger partial charge in [0.1, 0.15) is 5.56 Å². The zero-order valence-corrected chi connectivity index (χ0v) is 11.7. The molecule has 2 rings (SSSR count). The van der Waals surface area contributed by atoms with E-state index in [-0.39, 0.29) is 11.1 Å². The van der Waals surface area contributed by atoms with Crippen LogP contribution in [0.25, 0.3) is 0 Å². The van der Waals surface area contributed by atoms with Crippen LogP contribution < -0.4 is 5.32 Å². The van der Waals surface area contributed by atoms with E-state index in [9.17, 15) is 23.3 Å². The Balaban J connectivity index is 2.20. The van der Waals surface area contributed by atoms with E-state index in [4.69, 9.17) is 0 Å². The number of alkyl halides is 3. The molecule has 1 aliphatic rings. The molecule has 1 saturated carbocycles. The van der Waals surface area contributed by atoms with Crippen molar-refractivity contribution < 1.29 is 18.1 Å². The molecule has 0 atom stereocenters. The highest BCUT2D eigenvalue weighted by atomic mass is 19.4. The quantitative estimate of drug-likeness (QED) is 0.638. The summed E-state index contributed by atoms with van der Waals surface area (Å²) >= 11 is 0. The van der Waals surface area contributed by atoms with E-state index in [0.717, 1.165) is 37.8 Å². The third-order valence-corrected chi connectivity index (χ3v) is 4.33. The van der Waals surface area contributed by atoms with Crippen LogP contribution in [0.3, 0.4) is 0 Å². The zero-order valence-electron chi connectivity index (χ0n) is 11.7. The first-order chi connectivity index (χ1) is 9.77. The highest BCUT2D eigenvalue weighted by molar-refractivity contribution is 5.55. The Morgan fingerprint density at radius 3 is 2.48 bits per heavy atom. The Kier molecular flexibility index (Phi) is 4.11. The van der Waals surface area contributed by atoms with Crippen LogP contribution in [-0.2, 0) is 6.18 Å². The minimum atomic E-state index is -4.74. The summed E-state index contributed by atoms with van der Waals surface area (Å²) in [6.07, 6.45) is -0.493. The van der Waals surface area contributed by atoms with Crippen molar-refractivity contribution in [1.29, 1.82) is 0 Å². The lowest BCUT2D eigenvalue weighted by Crippen LogP contribution is -2.35. The number of benzene rings is 1. The summed E-state index contributed by atoms with van der Waals surface area (Å²) < 4.78 is 38.6. The van der Waals surface area contributed by atoms with Crippen molar-refractivity contribution in [2.45, 2.75) is 38.8 Å². The van der Waals surface area contributed by atoms with Crippen LogP contribution in [0, 0.1) is 15.5 Å². The molecule has 4 nitrogen and oxygen atoms in total. The molecule has 1 aromatic rings. The summed E-state index contributed by atoms with van der Waals surface area (Å²) in [5.74, 6) is 0. The maximum absolute atomic E-state index is 12.9. The number of nitrogens with zero attached hydrogens (tertiary/aromatic N) is 1. The minimum absolute atomic E-state index is 0.153. The molecule has 116 valence electrons. The van der Waals surface area contributed by atoms with E-state index in [1.807, 2.05) is 0 Å². The standard InChI is InChI=1S/C14H17F3N2O2/c1-2-13(6-3-7-13)9-18-10-4-5-12(19(20)21)11(8-10)14(15,16)17/h4-5,8,18H,2-3,6-7,9H2,1H3. The van der Waals surface area contributed by atoms with Gasteiger partial charge in [0.05, 0.1) is 4.92 Å². The molecule has 0 amide bonds. The van der Waals surface area contributed by atoms with Gasteiger partial charge in [-0.25, -0.2) is 0 Å². The molecule has 1 N–H and O–H groups in total. The van der Waals surface area contributed by atoms with Gasteiger partial charge in [-0.3, -0.25) is 10.1 Å². The number of anilines is 1. The average Bonchev–Trinajstić information content (AvgIpc) is 2.36. The van der Waals surface area contributed by atoms with Gasteiger partial charge in [-0.1, -0.05) is 13.3 Å². The van der Waals surface area contributed by atoms with Gasteiger partial charge in [0, 0.05) is 18.3 Å². The summed E-state index contributed by atoms with van der Waals surface area (Å²) in [6, 6.07) is 3.06. The van der Waals surface area contributed by atoms with Crippen LogP contribution in [0.15, 0.2) is 18.2 Å². The zero-order chi connectivity index (χ0) is 15.7. The fourth-order valence-corrected chi connectivity index (χ4v) is 2.65. The van der Waals surface area contributed by atoms with Crippen LogP contribution in [0.4, 0.5) is 24.5 Å². The summed E-state index contributed by atoms with van der Waals surface area (Å²) in [4.78, 5) is 9.68. The molecule has 0 radical (unpaired) electrons. The Hall–Kier alpha value is -1.79. The Labute approximate surface area is 120 Å². The van der Waals surface area contributed by atoms with Gasteiger partial charge < -0.3 is 5.32 Å². The van der Waals surface area contributed by atoms with E-state index in [0.29, 0.717) is 6.54 Å². The first kappa shape index (κ1) is 15.6. The van der Waals surface area contributed by atoms with Crippen molar-refractivity contribution in [2.24, 2.45) is 5.41 Å². The molecular formula is C14H17F3N2O2. The second kappa shape index (κ2) is 5.54. The Morgan fingerprint density at radius 2 is 2.05 bits per heavy atom. The molecule has 1 fully saturated rings. The third-order valence-electron chi connectivity index (χ3n) is 4.33. The number of hydrogen-bond donors (Lipinski definition) is 1. The largest absolute Gasteiger partial charge is 0.423 e. The summed E-state index contributed by atoms with van der Waals surface area (Å²) in [5, 5.41) is 13.7. The van der Waals surface area contributed by atoms with Gasteiger partial charge in [-0.2, -0.15) is 13.2 Å². The maximum atomic E-state index is 12.9. The van der Waals surface area contributed by atoms with Gasteiger partial charge in [-0.05, 0) is 36.8 Å². The van der Waals surface area contributed by atoms with E-state index in [1.54, 1.807) is 0 Å². The van der Waals surface area contributed by atoms with Crippen LogP contribution in [-0.4, -0.2) is 11.5 Å². The number of nitro groups is 1. The van der Waals surface area contributed by atoms with Crippen LogP contribution in [0.2, 0.25) is 0 Å². The van der Waals surface area contributed by atoms with Crippen LogP contribution in [0.5, 0.6) is 0 Å². The molecule has 0 saturated heterocycles. The molecule has 0 heterocycles. The van der Waals surface area contributed by atoms with Gasteiger partial charge in [0.2, 0.25) is 0 Å². The smallest absolute Gasteiger partial charge is 0.384 e. The maximum Gasteiger partial charge on any atom is 0.423 e. The molecule has 0 spiro atoms. The van der Waals surface area contributed by atoms with Crippen LogP contribution >= 0.6 is 0 Å². The predicted molar refractivity (Wildman–Crippen MR) is 73.2 cm³/mol. The molecule has 7 heteroatoms. The number of rotatable bonds is 5. The molecule has 21 heavy (non-hydrogen) atoms. The Bertz CT molecular complexity index is 534. The monoisotopic (exact) mass is 302 g/mol. The highest BCUT2D eigenvalue weighted by Gasteiger charge is 2.39. The van der Waals surface area contributed by atoms with Gasteiger partial charge in [0.25, 0.3) is 5.69 Å². The average molecular weight is 302 g/mol. The van der Waals surface area contributed by atoms with E-state index < -0.39 is 22.4 Å². The first-order valence-corrected chi connectivity index (χ1v) is 6.87. The molecule has 1 aromatic carbocycles. The van der Waals surface area contributed by atoms with Gasteiger partial charge in [-0.15, -0.1) is 0 Å². The van der Waals surface area contributed by atoms with Crippen molar-refractivity contribution in [3.05, 3.63) is 33.9 Å². The van der Waals surface area contributed by atoms with Crippen molar-refractivity contribution in [3.63, 3.8) is 0 Å². The molecule has 0 aliphatic heterocycles. The number of nitrogens with one attached hydrogen (secondary N) is 1. The van der Waals surface area contributed by atoms with E-state index in [2.05, 4.69) is 12.2 Å². The van der Waals surface area contributed by atoms with Crippen molar-refractivity contribution >= 4 is 11.4 Å². The molecular weight excluding hydrogens is 285 g/mol. The Morgan fingerprint density at radius 1 is 1.38 bits per heavy atom. The molecule has 0 unspecified atom stereocenters. The molecule has 0 aromatic heterocycles. The SMILES string of the molecule is CCC1(CNc2ccc([N+](=O)[O-])c(C(F)(F)F)c2)CCC1. The van der Waals surface area contributed by atoms with Crippen molar-refractivity contribution in [2.75, 3.05) is 11.9 Å². The first-order valence-electron chi connectivity index (χ1n) is 6.87. The summed E-state index contributed by atoms with van der Waals surface area (Å²) in [6.45, 7) is 2.66. The summed E-state index contributed by atoms with van der Waals surface area (Å²) in [5.41, 5.74) is -1.70. The van der Waals surface area contributed by atoms with Gasteiger partial charge in [0.15, 0.2) is 0 Å². The number of hydrogen-bond acceptors (Lipinski definition) is 3.